The number of nitrogens with zero attached hydrogens (tertiary/aromatic N) is 2. The number of aromatic nitrogens is 1. The highest BCUT2D eigenvalue weighted by Crippen LogP contribution is 2.28. The Morgan fingerprint density at radius 3 is 2.66 bits per heavy atom. The highest BCUT2D eigenvalue weighted by molar-refractivity contribution is 7.89. The summed E-state index contributed by atoms with van der Waals surface area (Å²) in [5.74, 6) is -0.435. The van der Waals surface area contributed by atoms with Crippen LogP contribution in [0.3, 0.4) is 0 Å². The molecule has 1 saturated heterocycles. The van der Waals surface area contributed by atoms with Gasteiger partial charge in [-0.2, -0.15) is 4.31 Å². The lowest BCUT2D eigenvalue weighted by molar-refractivity contribution is -0.127. The molecule has 1 amide bonds. The highest BCUT2D eigenvalue weighted by Gasteiger charge is 2.35. The van der Waals surface area contributed by atoms with Crippen LogP contribution in [0.25, 0.3) is 10.9 Å². The molecule has 0 spiro atoms. The van der Waals surface area contributed by atoms with Gasteiger partial charge >= 0.3 is 0 Å². The molecule has 0 radical (unpaired) electrons. The fraction of sp³-hybridized carbons (Fsp3) is 0.524. The minimum absolute atomic E-state index is 0.0696. The molecule has 0 unspecified atom stereocenters. The minimum atomic E-state index is -3.74. The molecule has 1 aromatic heterocycles. The number of nitrogens with one attached hydrogen (secondary N) is 1. The fourth-order valence-corrected chi connectivity index (χ4v) is 6.03. The number of benzene rings is 1. The molecule has 2 aromatic rings. The van der Waals surface area contributed by atoms with E-state index < -0.39 is 10.0 Å². The lowest BCUT2D eigenvalue weighted by Crippen LogP contribution is -2.48. The van der Waals surface area contributed by atoms with Crippen LogP contribution in [-0.4, -0.2) is 54.0 Å². The Morgan fingerprint density at radius 2 is 1.86 bits per heavy atom. The molecule has 0 bridgehead atoms. The fourth-order valence-electron chi connectivity index (χ4n) is 4.34. The van der Waals surface area contributed by atoms with Gasteiger partial charge in [-0.3, -0.25) is 9.78 Å². The van der Waals surface area contributed by atoms with E-state index in [2.05, 4.69) is 10.3 Å². The number of amides is 1. The van der Waals surface area contributed by atoms with Crippen LogP contribution >= 0.6 is 0 Å². The topological polar surface area (TPSA) is 99.6 Å². The van der Waals surface area contributed by atoms with E-state index >= 15 is 0 Å². The van der Waals surface area contributed by atoms with Gasteiger partial charge in [-0.1, -0.05) is 18.2 Å². The van der Waals surface area contributed by atoms with Crippen LogP contribution in [0.1, 0.15) is 38.5 Å². The van der Waals surface area contributed by atoms with E-state index in [4.69, 9.17) is 0 Å². The number of hydrogen-bond acceptors (Lipinski definition) is 5. The van der Waals surface area contributed by atoms with Gasteiger partial charge in [-0.25, -0.2) is 8.42 Å². The van der Waals surface area contributed by atoms with Gasteiger partial charge in [-0.15, -0.1) is 0 Å². The molecule has 1 aliphatic heterocycles. The molecule has 1 aromatic carbocycles. The molecule has 2 aliphatic rings. The zero-order valence-corrected chi connectivity index (χ0v) is 17.1. The zero-order valence-electron chi connectivity index (χ0n) is 16.3. The van der Waals surface area contributed by atoms with Gasteiger partial charge in [0.05, 0.1) is 17.5 Å². The maximum Gasteiger partial charge on any atom is 0.245 e. The maximum atomic E-state index is 13.3. The van der Waals surface area contributed by atoms with Crippen LogP contribution < -0.4 is 5.32 Å². The SMILES string of the molecule is O=C(N[C@H]1CC[C@H](O)CC1)[C@H]1CCCN(S(=O)(=O)c2cccc3cccnc23)C1. The van der Waals surface area contributed by atoms with E-state index in [1.807, 2.05) is 12.1 Å². The summed E-state index contributed by atoms with van der Waals surface area (Å²) in [6.45, 7) is 0.595. The summed E-state index contributed by atoms with van der Waals surface area (Å²) in [6.07, 6.45) is 5.59. The van der Waals surface area contributed by atoms with E-state index in [-0.39, 0.29) is 35.4 Å². The van der Waals surface area contributed by atoms with Crippen molar-refractivity contribution in [2.75, 3.05) is 13.1 Å². The van der Waals surface area contributed by atoms with Crippen molar-refractivity contribution in [3.05, 3.63) is 36.5 Å². The number of aliphatic hydroxyl groups is 1. The van der Waals surface area contributed by atoms with Crippen LogP contribution in [0.15, 0.2) is 41.4 Å². The maximum absolute atomic E-state index is 13.3. The smallest absolute Gasteiger partial charge is 0.245 e. The molecule has 1 aliphatic carbocycles. The average molecular weight is 418 g/mol. The normalized spacial score (nSPS) is 26.3. The third-order valence-corrected chi connectivity index (χ3v) is 7.91. The van der Waals surface area contributed by atoms with Crippen molar-refractivity contribution in [1.29, 1.82) is 0 Å². The van der Waals surface area contributed by atoms with E-state index in [0.717, 1.165) is 18.2 Å². The van der Waals surface area contributed by atoms with Gasteiger partial charge in [0.1, 0.15) is 4.90 Å². The first-order valence-electron chi connectivity index (χ1n) is 10.3. The summed E-state index contributed by atoms with van der Waals surface area (Å²) in [4.78, 5) is 17.2. The third-order valence-electron chi connectivity index (χ3n) is 6.01. The Balaban J connectivity index is 1.49. The molecule has 8 heteroatoms. The Kier molecular flexibility index (Phi) is 5.85. The minimum Gasteiger partial charge on any atom is -0.393 e. The van der Waals surface area contributed by atoms with Crippen molar-refractivity contribution in [3.8, 4) is 0 Å². The van der Waals surface area contributed by atoms with Crippen molar-refractivity contribution in [2.24, 2.45) is 5.92 Å². The summed E-state index contributed by atoms with van der Waals surface area (Å²) >= 11 is 0. The van der Waals surface area contributed by atoms with Gasteiger partial charge in [0.15, 0.2) is 0 Å². The lowest BCUT2D eigenvalue weighted by atomic mass is 9.92. The van der Waals surface area contributed by atoms with Gasteiger partial charge in [0.25, 0.3) is 0 Å². The number of piperidine rings is 1. The zero-order chi connectivity index (χ0) is 20.4. The third kappa shape index (κ3) is 4.29. The van der Waals surface area contributed by atoms with Gasteiger partial charge in [-0.05, 0) is 50.7 Å². The van der Waals surface area contributed by atoms with Crippen molar-refractivity contribution in [2.45, 2.75) is 55.6 Å². The largest absolute Gasteiger partial charge is 0.393 e. The second-order valence-corrected chi connectivity index (χ2v) is 9.95. The average Bonchev–Trinajstić information content (AvgIpc) is 2.75. The Hall–Kier alpha value is -2.03. The van der Waals surface area contributed by atoms with E-state index in [1.165, 1.54) is 4.31 Å². The predicted octanol–water partition coefficient (Wildman–Crippen LogP) is 2.06. The molecule has 1 atom stereocenters. The van der Waals surface area contributed by atoms with E-state index in [9.17, 15) is 18.3 Å². The van der Waals surface area contributed by atoms with Crippen LogP contribution in [0.2, 0.25) is 0 Å². The van der Waals surface area contributed by atoms with Crippen LogP contribution in [0.5, 0.6) is 0 Å². The summed E-state index contributed by atoms with van der Waals surface area (Å²) < 4.78 is 28.1. The number of pyridine rings is 1. The van der Waals surface area contributed by atoms with E-state index in [1.54, 1.807) is 24.4 Å². The molecule has 7 nitrogen and oxygen atoms in total. The molecule has 1 saturated carbocycles. The molecular weight excluding hydrogens is 390 g/mol. The highest BCUT2D eigenvalue weighted by atomic mass is 32.2. The number of hydrogen-bond donors (Lipinski definition) is 2. The number of rotatable bonds is 4. The predicted molar refractivity (Wildman–Crippen MR) is 110 cm³/mol. The van der Waals surface area contributed by atoms with Crippen LogP contribution in [-0.2, 0) is 14.8 Å². The molecule has 29 heavy (non-hydrogen) atoms. The first kappa shape index (κ1) is 20.3. The first-order valence-corrected chi connectivity index (χ1v) is 11.7. The van der Waals surface area contributed by atoms with Crippen molar-refractivity contribution in [3.63, 3.8) is 0 Å². The van der Waals surface area contributed by atoms with Gasteiger partial charge in [0, 0.05) is 30.7 Å². The quantitative estimate of drug-likeness (QED) is 0.793. The van der Waals surface area contributed by atoms with Crippen LogP contribution in [0, 0.1) is 5.92 Å². The number of carbonyl (C=O) groups is 1. The second-order valence-electron chi connectivity index (χ2n) is 8.05. The van der Waals surface area contributed by atoms with Gasteiger partial charge < -0.3 is 10.4 Å². The monoisotopic (exact) mass is 417 g/mol. The van der Waals surface area contributed by atoms with Crippen molar-refractivity contribution in [1.82, 2.24) is 14.6 Å². The number of sulfonamides is 1. The molecule has 2 N–H and O–H groups in total. The lowest BCUT2D eigenvalue weighted by Gasteiger charge is -2.33. The number of aliphatic hydroxyl groups excluding tert-OH is 1. The second kappa shape index (κ2) is 8.38. The molecule has 2 heterocycles. The van der Waals surface area contributed by atoms with Gasteiger partial charge in [0.2, 0.25) is 15.9 Å². The molecule has 2 fully saturated rings. The molecule has 156 valence electrons. The summed E-state index contributed by atoms with van der Waals surface area (Å²) in [5.41, 5.74) is 0.460. The Labute approximate surface area is 171 Å². The molecule has 4 rings (SSSR count). The van der Waals surface area contributed by atoms with Crippen molar-refractivity contribution < 1.29 is 18.3 Å². The van der Waals surface area contributed by atoms with Crippen molar-refractivity contribution >= 4 is 26.8 Å². The number of fused-ring (bicyclic) bond motifs is 1. The van der Waals surface area contributed by atoms with Crippen LogP contribution in [0.4, 0.5) is 0 Å². The summed E-state index contributed by atoms with van der Waals surface area (Å²) in [6, 6.07) is 8.85. The number of carbonyl (C=O) groups excluding carboxylic acids is 1. The Bertz CT molecular complexity index is 981. The first-order chi connectivity index (χ1) is 13.9. The molecular formula is C21H27N3O4S. The number of para-hydroxylation sites is 1. The summed E-state index contributed by atoms with van der Waals surface area (Å²) in [5, 5.41) is 13.5. The van der Waals surface area contributed by atoms with E-state index in [0.29, 0.717) is 37.7 Å². The Morgan fingerprint density at radius 1 is 1.10 bits per heavy atom. The standard InChI is InChI=1S/C21H27N3O4S/c25-18-10-8-17(9-11-18)23-21(26)16-6-3-13-24(14-16)29(27,28)19-7-1-4-15-5-2-12-22-20(15)19/h1-2,4-5,7,12,16-18,25H,3,6,8-11,13-14H2,(H,23,26)/t16-,17-,18-/m0/s1. The summed E-state index contributed by atoms with van der Waals surface area (Å²) in [7, 11) is -3.74.